The van der Waals surface area contributed by atoms with Gasteiger partial charge in [-0.15, -0.1) is 0 Å². The van der Waals surface area contributed by atoms with Gasteiger partial charge in [-0.2, -0.15) is 0 Å². The SMILES string of the molecule is CC1CCCN(CCC(N)c2cccc(Br)c2)C1C. The first-order valence-corrected chi connectivity index (χ1v) is 8.12. The summed E-state index contributed by atoms with van der Waals surface area (Å²) in [7, 11) is 0. The molecule has 1 aliphatic rings. The van der Waals surface area contributed by atoms with Crippen LogP contribution in [0, 0.1) is 5.92 Å². The van der Waals surface area contributed by atoms with E-state index in [-0.39, 0.29) is 6.04 Å². The highest BCUT2D eigenvalue weighted by Crippen LogP contribution is 2.25. The van der Waals surface area contributed by atoms with E-state index in [1.54, 1.807) is 0 Å². The Balaban J connectivity index is 1.88. The van der Waals surface area contributed by atoms with E-state index in [2.05, 4.69) is 52.9 Å². The number of nitrogens with zero attached hydrogens (tertiary/aromatic N) is 1. The Morgan fingerprint density at radius 2 is 2.21 bits per heavy atom. The molecule has 3 atom stereocenters. The smallest absolute Gasteiger partial charge is 0.0307 e. The summed E-state index contributed by atoms with van der Waals surface area (Å²) in [4.78, 5) is 2.60. The topological polar surface area (TPSA) is 29.3 Å². The van der Waals surface area contributed by atoms with E-state index in [4.69, 9.17) is 5.73 Å². The van der Waals surface area contributed by atoms with Crippen molar-refractivity contribution < 1.29 is 0 Å². The van der Waals surface area contributed by atoms with Gasteiger partial charge in [-0.05, 0) is 56.3 Å². The van der Waals surface area contributed by atoms with Crippen LogP contribution in [-0.4, -0.2) is 24.0 Å². The molecule has 0 aliphatic carbocycles. The molecule has 1 saturated heterocycles. The van der Waals surface area contributed by atoms with Crippen LogP contribution in [0.4, 0.5) is 0 Å². The molecule has 0 radical (unpaired) electrons. The van der Waals surface area contributed by atoms with Crippen molar-refractivity contribution in [2.45, 2.75) is 45.2 Å². The van der Waals surface area contributed by atoms with Crippen LogP contribution in [0.3, 0.4) is 0 Å². The Labute approximate surface area is 125 Å². The second kappa shape index (κ2) is 6.87. The zero-order valence-electron chi connectivity index (χ0n) is 12.0. The summed E-state index contributed by atoms with van der Waals surface area (Å²) in [5.74, 6) is 0.816. The highest BCUT2D eigenvalue weighted by Gasteiger charge is 2.24. The van der Waals surface area contributed by atoms with Gasteiger partial charge < -0.3 is 10.6 Å². The average molecular weight is 325 g/mol. The number of halogens is 1. The number of nitrogens with two attached hydrogens (primary N) is 1. The number of piperidine rings is 1. The van der Waals surface area contributed by atoms with Crippen LogP contribution in [0.1, 0.15) is 44.7 Å². The second-order valence-corrected chi connectivity index (χ2v) is 6.76. The van der Waals surface area contributed by atoms with E-state index in [1.807, 2.05) is 6.07 Å². The van der Waals surface area contributed by atoms with Crippen LogP contribution >= 0.6 is 15.9 Å². The van der Waals surface area contributed by atoms with Crippen LogP contribution < -0.4 is 5.73 Å². The highest BCUT2D eigenvalue weighted by molar-refractivity contribution is 9.10. The lowest BCUT2D eigenvalue weighted by atomic mass is 9.91. The molecule has 2 rings (SSSR count). The molecule has 1 heterocycles. The van der Waals surface area contributed by atoms with Crippen LogP contribution in [-0.2, 0) is 0 Å². The van der Waals surface area contributed by atoms with Crippen molar-refractivity contribution in [3.63, 3.8) is 0 Å². The molecule has 1 aromatic carbocycles. The molecule has 3 heteroatoms. The van der Waals surface area contributed by atoms with Gasteiger partial charge >= 0.3 is 0 Å². The number of rotatable bonds is 4. The maximum Gasteiger partial charge on any atom is 0.0307 e. The molecule has 2 N–H and O–H groups in total. The van der Waals surface area contributed by atoms with Gasteiger partial charge in [0.25, 0.3) is 0 Å². The van der Waals surface area contributed by atoms with Gasteiger partial charge in [0.05, 0.1) is 0 Å². The van der Waals surface area contributed by atoms with E-state index in [0.29, 0.717) is 6.04 Å². The molecule has 1 fully saturated rings. The first kappa shape index (κ1) is 15.0. The van der Waals surface area contributed by atoms with E-state index >= 15 is 0 Å². The molecule has 0 aromatic heterocycles. The molecular formula is C16H25BrN2. The summed E-state index contributed by atoms with van der Waals surface area (Å²) in [5.41, 5.74) is 7.54. The minimum atomic E-state index is 0.141. The van der Waals surface area contributed by atoms with Crippen molar-refractivity contribution in [2.24, 2.45) is 11.7 Å². The molecule has 19 heavy (non-hydrogen) atoms. The molecule has 1 aromatic rings. The number of hydrogen-bond acceptors (Lipinski definition) is 2. The van der Waals surface area contributed by atoms with Gasteiger partial charge in [-0.1, -0.05) is 35.0 Å². The standard InChI is InChI=1S/C16H25BrN2/c1-12-5-4-9-19(13(12)2)10-8-16(18)14-6-3-7-15(17)11-14/h3,6-7,11-13,16H,4-5,8-10,18H2,1-2H3. The predicted molar refractivity (Wildman–Crippen MR) is 85.1 cm³/mol. The van der Waals surface area contributed by atoms with E-state index in [9.17, 15) is 0 Å². The molecule has 0 spiro atoms. The quantitative estimate of drug-likeness (QED) is 0.908. The van der Waals surface area contributed by atoms with Crippen molar-refractivity contribution in [3.05, 3.63) is 34.3 Å². The third-order valence-electron chi connectivity index (χ3n) is 4.51. The Morgan fingerprint density at radius 3 is 2.95 bits per heavy atom. The Kier molecular flexibility index (Phi) is 5.43. The highest BCUT2D eigenvalue weighted by atomic mass is 79.9. The normalized spacial score (nSPS) is 26.3. The largest absolute Gasteiger partial charge is 0.324 e. The van der Waals surface area contributed by atoms with Gasteiger partial charge in [0.1, 0.15) is 0 Å². The molecular weight excluding hydrogens is 300 g/mol. The van der Waals surface area contributed by atoms with Crippen LogP contribution in [0.15, 0.2) is 28.7 Å². The van der Waals surface area contributed by atoms with Crippen molar-refractivity contribution in [3.8, 4) is 0 Å². The zero-order chi connectivity index (χ0) is 13.8. The first-order valence-electron chi connectivity index (χ1n) is 7.33. The summed E-state index contributed by atoms with van der Waals surface area (Å²) < 4.78 is 1.11. The fraction of sp³-hybridized carbons (Fsp3) is 0.625. The fourth-order valence-electron chi connectivity index (χ4n) is 2.95. The van der Waals surface area contributed by atoms with Gasteiger partial charge in [-0.3, -0.25) is 0 Å². The summed E-state index contributed by atoms with van der Waals surface area (Å²) >= 11 is 3.51. The minimum Gasteiger partial charge on any atom is -0.324 e. The fourth-order valence-corrected chi connectivity index (χ4v) is 3.36. The first-order chi connectivity index (χ1) is 9.08. The zero-order valence-corrected chi connectivity index (χ0v) is 13.6. The van der Waals surface area contributed by atoms with Gasteiger partial charge in [-0.25, -0.2) is 0 Å². The maximum absolute atomic E-state index is 6.31. The Hall–Kier alpha value is -0.380. The second-order valence-electron chi connectivity index (χ2n) is 5.85. The molecule has 1 aliphatic heterocycles. The van der Waals surface area contributed by atoms with Crippen molar-refractivity contribution in [1.82, 2.24) is 4.90 Å². The molecule has 106 valence electrons. The number of benzene rings is 1. The molecule has 0 saturated carbocycles. The molecule has 2 nitrogen and oxygen atoms in total. The lowest BCUT2D eigenvalue weighted by Gasteiger charge is -2.38. The van der Waals surface area contributed by atoms with E-state index in [0.717, 1.165) is 23.4 Å². The summed E-state index contributed by atoms with van der Waals surface area (Å²) in [5, 5.41) is 0. The van der Waals surface area contributed by atoms with Crippen LogP contribution in [0.2, 0.25) is 0 Å². The number of hydrogen-bond donors (Lipinski definition) is 1. The van der Waals surface area contributed by atoms with Crippen LogP contribution in [0.25, 0.3) is 0 Å². The molecule has 3 unspecified atom stereocenters. The molecule has 0 amide bonds. The number of likely N-dealkylation sites (tertiary alicyclic amines) is 1. The van der Waals surface area contributed by atoms with E-state index in [1.165, 1.54) is 24.9 Å². The monoisotopic (exact) mass is 324 g/mol. The molecule has 0 bridgehead atoms. The Morgan fingerprint density at radius 1 is 1.42 bits per heavy atom. The summed E-state index contributed by atoms with van der Waals surface area (Å²) in [6, 6.07) is 9.20. The lowest BCUT2D eigenvalue weighted by molar-refractivity contribution is 0.110. The van der Waals surface area contributed by atoms with Crippen LogP contribution in [0.5, 0.6) is 0 Å². The van der Waals surface area contributed by atoms with Gasteiger partial charge in [0.2, 0.25) is 0 Å². The van der Waals surface area contributed by atoms with Crippen molar-refractivity contribution in [1.29, 1.82) is 0 Å². The van der Waals surface area contributed by atoms with Crippen molar-refractivity contribution in [2.75, 3.05) is 13.1 Å². The van der Waals surface area contributed by atoms with Gasteiger partial charge in [0.15, 0.2) is 0 Å². The average Bonchev–Trinajstić information content (AvgIpc) is 2.40. The third kappa shape index (κ3) is 4.04. The minimum absolute atomic E-state index is 0.141. The predicted octanol–water partition coefficient (Wildman–Crippen LogP) is 3.96. The lowest BCUT2D eigenvalue weighted by Crippen LogP contribution is -2.43. The third-order valence-corrected chi connectivity index (χ3v) is 5.00. The summed E-state index contributed by atoms with van der Waals surface area (Å²) in [6.45, 7) is 7.06. The van der Waals surface area contributed by atoms with Crippen molar-refractivity contribution >= 4 is 15.9 Å². The Bertz CT molecular complexity index is 407. The summed E-state index contributed by atoms with van der Waals surface area (Å²) in [6.07, 6.45) is 3.74. The maximum atomic E-state index is 6.31. The van der Waals surface area contributed by atoms with E-state index < -0.39 is 0 Å². The van der Waals surface area contributed by atoms with Gasteiger partial charge in [0, 0.05) is 23.1 Å².